The van der Waals surface area contributed by atoms with E-state index in [9.17, 15) is 4.39 Å². The Balaban J connectivity index is 1.64. The van der Waals surface area contributed by atoms with E-state index in [2.05, 4.69) is 10.3 Å². The predicted octanol–water partition coefficient (Wildman–Crippen LogP) is 4.75. The maximum absolute atomic E-state index is 13.0. The van der Waals surface area contributed by atoms with Gasteiger partial charge in [0.1, 0.15) is 12.4 Å². The molecule has 3 aromatic rings. The summed E-state index contributed by atoms with van der Waals surface area (Å²) in [4.78, 5) is 4.10. The molecule has 0 atom stereocenters. The lowest BCUT2D eigenvalue weighted by molar-refractivity contribution is 0.284. The van der Waals surface area contributed by atoms with Crippen LogP contribution in [0.5, 0.6) is 11.5 Å². The van der Waals surface area contributed by atoms with Crippen molar-refractivity contribution < 1.29 is 13.9 Å². The first-order valence-electron chi connectivity index (χ1n) is 8.49. The summed E-state index contributed by atoms with van der Waals surface area (Å²) in [7, 11) is 1.57. The second-order valence-corrected chi connectivity index (χ2v) is 6.40. The Morgan fingerprint density at radius 3 is 2.52 bits per heavy atom. The Hall–Kier alpha value is -2.63. The lowest BCUT2D eigenvalue weighted by Gasteiger charge is -2.15. The molecule has 0 amide bonds. The third-order valence-electron chi connectivity index (χ3n) is 3.97. The van der Waals surface area contributed by atoms with E-state index in [1.54, 1.807) is 25.4 Å². The van der Waals surface area contributed by atoms with Gasteiger partial charge in [-0.05, 0) is 47.0 Å². The molecule has 0 radical (unpaired) electrons. The Kier molecular flexibility index (Phi) is 6.63. The van der Waals surface area contributed by atoms with Crippen molar-refractivity contribution in [2.24, 2.45) is 0 Å². The molecular weight excluding hydrogens is 367 g/mol. The average Bonchev–Trinajstić information content (AvgIpc) is 2.69. The zero-order valence-corrected chi connectivity index (χ0v) is 15.7. The Morgan fingerprint density at radius 1 is 1.04 bits per heavy atom. The van der Waals surface area contributed by atoms with E-state index in [4.69, 9.17) is 21.1 Å². The fourth-order valence-electron chi connectivity index (χ4n) is 2.61. The van der Waals surface area contributed by atoms with Gasteiger partial charge in [0.15, 0.2) is 11.5 Å². The Labute approximate surface area is 162 Å². The molecule has 0 bridgehead atoms. The zero-order valence-electron chi connectivity index (χ0n) is 14.9. The largest absolute Gasteiger partial charge is 0.493 e. The van der Waals surface area contributed by atoms with Crippen molar-refractivity contribution in [1.82, 2.24) is 10.3 Å². The van der Waals surface area contributed by atoms with Crippen molar-refractivity contribution in [2.75, 3.05) is 7.11 Å². The zero-order chi connectivity index (χ0) is 19.1. The van der Waals surface area contributed by atoms with Crippen LogP contribution in [0.15, 0.2) is 60.9 Å². The lowest BCUT2D eigenvalue weighted by atomic mass is 10.2. The molecule has 2 aromatic carbocycles. The van der Waals surface area contributed by atoms with E-state index >= 15 is 0 Å². The molecule has 140 valence electrons. The van der Waals surface area contributed by atoms with E-state index in [-0.39, 0.29) is 12.4 Å². The second kappa shape index (κ2) is 9.35. The fourth-order valence-corrected chi connectivity index (χ4v) is 2.89. The SMILES string of the molecule is COc1cc(CNCc2cccnc2)cc(Cl)c1OCc1ccc(F)cc1. The van der Waals surface area contributed by atoms with E-state index in [1.165, 1.54) is 12.1 Å². The number of hydrogen-bond donors (Lipinski definition) is 1. The Morgan fingerprint density at radius 2 is 1.81 bits per heavy atom. The molecule has 6 heteroatoms. The van der Waals surface area contributed by atoms with Gasteiger partial charge in [-0.1, -0.05) is 29.8 Å². The first-order chi connectivity index (χ1) is 13.2. The number of hydrogen-bond acceptors (Lipinski definition) is 4. The van der Waals surface area contributed by atoms with Crippen molar-refractivity contribution >= 4 is 11.6 Å². The van der Waals surface area contributed by atoms with Crippen LogP contribution in [0.2, 0.25) is 5.02 Å². The van der Waals surface area contributed by atoms with Crippen LogP contribution in [-0.4, -0.2) is 12.1 Å². The van der Waals surface area contributed by atoms with E-state index in [0.29, 0.717) is 29.6 Å². The van der Waals surface area contributed by atoms with Gasteiger partial charge in [0, 0.05) is 25.5 Å². The number of rotatable bonds is 8. The highest BCUT2D eigenvalue weighted by Gasteiger charge is 2.12. The third kappa shape index (κ3) is 5.42. The number of aromatic nitrogens is 1. The van der Waals surface area contributed by atoms with Crippen molar-refractivity contribution in [3.05, 3.63) is 88.5 Å². The van der Waals surface area contributed by atoms with Crippen molar-refractivity contribution in [3.8, 4) is 11.5 Å². The smallest absolute Gasteiger partial charge is 0.180 e. The maximum atomic E-state index is 13.0. The molecule has 0 spiro atoms. The highest BCUT2D eigenvalue weighted by Crippen LogP contribution is 2.37. The monoisotopic (exact) mass is 386 g/mol. The number of methoxy groups -OCH3 is 1. The first kappa shape index (κ1) is 19.1. The molecule has 1 heterocycles. The summed E-state index contributed by atoms with van der Waals surface area (Å²) in [6.07, 6.45) is 3.58. The fraction of sp³-hybridized carbons (Fsp3) is 0.190. The van der Waals surface area contributed by atoms with Crippen LogP contribution < -0.4 is 14.8 Å². The molecule has 0 aliphatic rings. The van der Waals surface area contributed by atoms with Gasteiger partial charge in [-0.15, -0.1) is 0 Å². The lowest BCUT2D eigenvalue weighted by Crippen LogP contribution is -2.13. The number of benzene rings is 2. The predicted molar refractivity (Wildman–Crippen MR) is 104 cm³/mol. The first-order valence-corrected chi connectivity index (χ1v) is 8.87. The van der Waals surface area contributed by atoms with E-state index in [1.807, 2.05) is 30.5 Å². The molecule has 0 aliphatic carbocycles. The highest BCUT2D eigenvalue weighted by atomic mass is 35.5. The van der Waals surface area contributed by atoms with Crippen LogP contribution in [0.1, 0.15) is 16.7 Å². The van der Waals surface area contributed by atoms with Crippen LogP contribution in [0, 0.1) is 5.82 Å². The van der Waals surface area contributed by atoms with E-state index < -0.39 is 0 Å². The minimum absolute atomic E-state index is 0.273. The average molecular weight is 387 g/mol. The van der Waals surface area contributed by atoms with Gasteiger partial charge in [-0.25, -0.2) is 4.39 Å². The summed E-state index contributed by atoms with van der Waals surface area (Å²) in [5.41, 5.74) is 2.93. The topological polar surface area (TPSA) is 43.4 Å². The normalized spacial score (nSPS) is 10.6. The van der Waals surface area contributed by atoms with E-state index in [0.717, 1.165) is 16.7 Å². The summed E-state index contributed by atoms with van der Waals surface area (Å²) in [5.74, 6) is 0.750. The number of nitrogens with zero attached hydrogens (tertiary/aromatic N) is 1. The molecule has 27 heavy (non-hydrogen) atoms. The van der Waals surface area contributed by atoms with Crippen LogP contribution in [-0.2, 0) is 19.7 Å². The van der Waals surface area contributed by atoms with Crippen molar-refractivity contribution in [1.29, 1.82) is 0 Å². The minimum Gasteiger partial charge on any atom is -0.493 e. The van der Waals surface area contributed by atoms with Gasteiger partial charge in [-0.3, -0.25) is 4.98 Å². The number of pyridine rings is 1. The van der Waals surface area contributed by atoms with Crippen molar-refractivity contribution in [3.63, 3.8) is 0 Å². The molecule has 0 fully saturated rings. The number of ether oxygens (including phenoxy) is 2. The summed E-state index contributed by atoms with van der Waals surface area (Å²) in [5, 5.41) is 3.82. The molecule has 3 rings (SSSR count). The highest BCUT2D eigenvalue weighted by molar-refractivity contribution is 6.32. The summed E-state index contributed by atoms with van der Waals surface area (Å²) in [6, 6.07) is 13.8. The quantitative estimate of drug-likeness (QED) is 0.606. The molecular formula is C21H20ClFN2O2. The van der Waals surface area contributed by atoms with Crippen LogP contribution in [0.25, 0.3) is 0 Å². The minimum atomic E-state index is -0.280. The van der Waals surface area contributed by atoms with Crippen LogP contribution in [0.4, 0.5) is 4.39 Å². The number of nitrogens with one attached hydrogen (secondary N) is 1. The van der Waals surface area contributed by atoms with Crippen molar-refractivity contribution in [2.45, 2.75) is 19.7 Å². The van der Waals surface area contributed by atoms with Gasteiger partial charge in [0.05, 0.1) is 12.1 Å². The van der Waals surface area contributed by atoms with Gasteiger partial charge >= 0.3 is 0 Å². The summed E-state index contributed by atoms with van der Waals surface area (Å²) >= 11 is 6.40. The van der Waals surface area contributed by atoms with Gasteiger partial charge < -0.3 is 14.8 Å². The molecule has 1 aromatic heterocycles. The second-order valence-electron chi connectivity index (χ2n) is 5.99. The van der Waals surface area contributed by atoms with Crippen LogP contribution in [0.3, 0.4) is 0 Å². The molecule has 0 saturated heterocycles. The molecule has 1 N–H and O–H groups in total. The van der Waals surface area contributed by atoms with Gasteiger partial charge in [0.25, 0.3) is 0 Å². The maximum Gasteiger partial charge on any atom is 0.180 e. The summed E-state index contributed by atoms with van der Waals surface area (Å²) < 4.78 is 24.2. The van der Waals surface area contributed by atoms with Gasteiger partial charge in [0.2, 0.25) is 0 Å². The number of halogens is 2. The third-order valence-corrected chi connectivity index (χ3v) is 4.25. The van der Waals surface area contributed by atoms with Crippen LogP contribution >= 0.6 is 11.6 Å². The standard InChI is InChI=1S/C21H20ClFN2O2/c1-26-20-10-17(13-25-12-16-3-2-8-24-11-16)9-19(22)21(20)27-14-15-4-6-18(23)7-5-15/h2-11,25H,12-14H2,1H3. The molecule has 4 nitrogen and oxygen atoms in total. The molecule has 0 aliphatic heterocycles. The summed E-state index contributed by atoms with van der Waals surface area (Å²) in [6.45, 7) is 1.61. The molecule has 0 saturated carbocycles. The molecule has 0 unspecified atom stereocenters. The Bertz CT molecular complexity index is 873. The van der Waals surface area contributed by atoms with Gasteiger partial charge in [-0.2, -0.15) is 0 Å².